The van der Waals surface area contributed by atoms with Crippen molar-refractivity contribution in [1.82, 2.24) is 5.32 Å². The molecule has 4 rings (SSSR count). The Morgan fingerprint density at radius 1 is 1.07 bits per heavy atom. The van der Waals surface area contributed by atoms with Gasteiger partial charge in [-0.15, -0.1) is 0 Å². The van der Waals surface area contributed by atoms with Gasteiger partial charge in [0.05, 0.1) is 13.2 Å². The average molecular weight is 397 g/mol. The fraction of sp³-hybridized carbons (Fsp3) is 0.136. The summed E-state index contributed by atoms with van der Waals surface area (Å²) in [5.41, 5.74) is 1.80. The van der Waals surface area contributed by atoms with E-state index in [-0.39, 0.29) is 31.7 Å². The summed E-state index contributed by atoms with van der Waals surface area (Å²) in [6.07, 6.45) is 2.80. The lowest BCUT2D eigenvalue weighted by molar-refractivity contribution is -0.116. The van der Waals surface area contributed by atoms with Crippen LogP contribution in [0.2, 0.25) is 0 Å². The number of nitrogens with one attached hydrogen (secondary N) is 1. The maximum absolute atomic E-state index is 13.7. The van der Waals surface area contributed by atoms with Gasteiger partial charge in [-0.3, -0.25) is 4.79 Å². The Balaban J connectivity index is 1.38. The molecule has 1 aliphatic heterocycles. The largest absolute Gasteiger partial charge is 0.467 e. The highest BCUT2D eigenvalue weighted by molar-refractivity contribution is 5.92. The summed E-state index contributed by atoms with van der Waals surface area (Å²) >= 11 is 0. The van der Waals surface area contributed by atoms with Gasteiger partial charge < -0.3 is 19.2 Å². The van der Waals surface area contributed by atoms with Crippen LogP contribution in [0.4, 0.5) is 8.78 Å². The zero-order valence-electron chi connectivity index (χ0n) is 15.3. The van der Waals surface area contributed by atoms with Crippen LogP contribution in [-0.4, -0.2) is 12.7 Å². The SMILES string of the molecule is O=C(C=Cc1cc(F)cc2c1OCOC2)NCc1ccc(-c2ccc(F)cc2)o1. The van der Waals surface area contributed by atoms with E-state index in [0.717, 1.165) is 5.56 Å². The zero-order chi connectivity index (χ0) is 20.2. The van der Waals surface area contributed by atoms with Crippen molar-refractivity contribution in [3.8, 4) is 17.1 Å². The Morgan fingerprint density at radius 2 is 1.90 bits per heavy atom. The molecular formula is C22H17F2NO4. The number of hydrogen-bond donors (Lipinski definition) is 1. The van der Waals surface area contributed by atoms with E-state index in [1.54, 1.807) is 24.3 Å². The van der Waals surface area contributed by atoms with Crippen molar-refractivity contribution >= 4 is 12.0 Å². The van der Waals surface area contributed by atoms with Gasteiger partial charge in [-0.1, -0.05) is 0 Å². The minimum Gasteiger partial charge on any atom is -0.467 e. The molecule has 1 aliphatic rings. The molecule has 7 heteroatoms. The molecule has 0 unspecified atom stereocenters. The van der Waals surface area contributed by atoms with Gasteiger partial charge in [0.2, 0.25) is 5.91 Å². The third-order valence-electron chi connectivity index (χ3n) is 4.35. The van der Waals surface area contributed by atoms with Gasteiger partial charge >= 0.3 is 0 Å². The van der Waals surface area contributed by atoms with E-state index in [9.17, 15) is 13.6 Å². The van der Waals surface area contributed by atoms with Crippen LogP contribution in [0, 0.1) is 11.6 Å². The summed E-state index contributed by atoms with van der Waals surface area (Å²) in [6, 6.07) is 12.1. The van der Waals surface area contributed by atoms with E-state index in [0.29, 0.717) is 28.4 Å². The number of ether oxygens (including phenoxy) is 2. The summed E-state index contributed by atoms with van der Waals surface area (Å²) in [5.74, 6) is 0.524. The fourth-order valence-electron chi connectivity index (χ4n) is 2.97. The standard InChI is InChI=1S/C22H17F2NO4/c23-17-4-1-14(2-5-17)20-7-6-19(29-20)11-25-21(26)8-3-15-9-18(24)10-16-12-27-13-28-22(15)16/h1-10H,11-13H2,(H,25,26). The molecule has 0 saturated heterocycles. The van der Waals surface area contributed by atoms with Crippen molar-refractivity contribution in [2.75, 3.05) is 6.79 Å². The van der Waals surface area contributed by atoms with Gasteiger partial charge in [0.15, 0.2) is 6.79 Å². The van der Waals surface area contributed by atoms with Crippen LogP contribution < -0.4 is 10.1 Å². The minimum absolute atomic E-state index is 0.0839. The maximum Gasteiger partial charge on any atom is 0.244 e. The van der Waals surface area contributed by atoms with E-state index >= 15 is 0 Å². The van der Waals surface area contributed by atoms with E-state index < -0.39 is 5.82 Å². The Kier molecular flexibility index (Phi) is 5.39. The molecule has 0 atom stereocenters. The number of benzene rings is 2. The quantitative estimate of drug-likeness (QED) is 0.648. The number of halogens is 2. The molecular weight excluding hydrogens is 380 g/mol. The molecule has 0 radical (unpaired) electrons. The number of carbonyl (C=O) groups excluding carboxylic acids is 1. The highest BCUT2D eigenvalue weighted by Crippen LogP contribution is 2.30. The minimum atomic E-state index is -0.429. The number of furan rings is 1. The van der Waals surface area contributed by atoms with Gasteiger partial charge in [-0.05, 0) is 54.6 Å². The van der Waals surface area contributed by atoms with Crippen molar-refractivity contribution in [3.05, 3.63) is 83.1 Å². The number of fused-ring (bicyclic) bond motifs is 1. The first-order valence-electron chi connectivity index (χ1n) is 8.92. The zero-order valence-corrected chi connectivity index (χ0v) is 15.3. The fourth-order valence-corrected chi connectivity index (χ4v) is 2.97. The molecule has 2 heterocycles. The van der Waals surface area contributed by atoms with Crippen molar-refractivity contribution in [1.29, 1.82) is 0 Å². The lowest BCUT2D eigenvalue weighted by Crippen LogP contribution is -2.19. The van der Waals surface area contributed by atoms with Gasteiger partial charge in [0, 0.05) is 22.8 Å². The summed E-state index contributed by atoms with van der Waals surface area (Å²) in [5, 5.41) is 2.70. The van der Waals surface area contributed by atoms with Crippen LogP contribution in [-0.2, 0) is 22.7 Å². The smallest absolute Gasteiger partial charge is 0.244 e. The van der Waals surface area contributed by atoms with E-state index in [1.165, 1.54) is 36.4 Å². The van der Waals surface area contributed by atoms with E-state index in [4.69, 9.17) is 13.9 Å². The van der Waals surface area contributed by atoms with Gasteiger partial charge in [-0.2, -0.15) is 0 Å². The molecule has 0 saturated carbocycles. The first-order chi connectivity index (χ1) is 14.1. The highest BCUT2D eigenvalue weighted by atomic mass is 19.1. The molecule has 1 amide bonds. The van der Waals surface area contributed by atoms with Crippen LogP contribution in [0.1, 0.15) is 16.9 Å². The molecule has 0 fully saturated rings. The molecule has 29 heavy (non-hydrogen) atoms. The summed E-state index contributed by atoms with van der Waals surface area (Å²) in [4.78, 5) is 12.1. The number of rotatable bonds is 5. The summed E-state index contributed by atoms with van der Waals surface area (Å²) < 4.78 is 43.0. The Morgan fingerprint density at radius 3 is 2.72 bits per heavy atom. The Hall–Kier alpha value is -3.45. The van der Waals surface area contributed by atoms with Crippen molar-refractivity contribution in [3.63, 3.8) is 0 Å². The second kappa shape index (κ2) is 8.28. The second-order valence-corrected chi connectivity index (χ2v) is 6.42. The maximum atomic E-state index is 13.7. The molecule has 0 aliphatic carbocycles. The lowest BCUT2D eigenvalue weighted by atomic mass is 10.1. The summed E-state index contributed by atoms with van der Waals surface area (Å²) in [6.45, 7) is 0.519. The van der Waals surface area contributed by atoms with E-state index in [1.807, 2.05) is 0 Å². The van der Waals surface area contributed by atoms with Crippen LogP contribution in [0.15, 0.2) is 59.0 Å². The molecule has 5 nitrogen and oxygen atoms in total. The number of hydrogen-bond acceptors (Lipinski definition) is 4. The third-order valence-corrected chi connectivity index (χ3v) is 4.35. The van der Waals surface area contributed by atoms with Crippen LogP contribution in [0.5, 0.6) is 5.75 Å². The van der Waals surface area contributed by atoms with Gasteiger partial charge in [0.25, 0.3) is 0 Å². The average Bonchev–Trinajstić information content (AvgIpc) is 3.20. The topological polar surface area (TPSA) is 60.7 Å². The molecule has 3 aromatic rings. The lowest BCUT2D eigenvalue weighted by Gasteiger charge is -2.19. The van der Waals surface area contributed by atoms with Crippen molar-refractivity contribution in [2.45, 2.75) is 13.2 Å². The van der Waals surface area contributed by atoms with Crippen molar-refractivity contribution < 1.29 is 27.5 Å². The number of carbonyl (C=O) groups is 1. The van der Waals surface area contributed by atoms with Crippen LogP contribution in [0.3, 0.4) is 0 Å². The van der Waals surface area contributed by atoms with Gasteiger partial charge in [0.1, 0.15) is 28.9 Å². The monoisotopic (exact) mass is 397 g/mol. The van der Waals surface area contributed by atoms with Gasteiger partial charge in [-0.25, -0.2) is 8.78 Å². The Labute approximate surface area is 165 Å². The molecule has 2 aromatic carbocycles. The molecule has 148 valence electrons. The van der Waals surface area contributed by atoms with Crippen molar-refractivity contribution in [2.24, 2.45) is 0 Å². The summed E-state index contributed by atoms with van der Waals surface area (Å²) in [7, 11) is 0. The molecule has 1 N–H and O–H groups in total. The second-order valence-electron chi connectivity index (χ2n) is 6.42. The predicted octanol–water partition coefficient (Wildman–Crippen LogP) is 4.42. The predicted molar refractivity (Wildman–Crippen MR) is 102 cm³/mol. The van der Waals surface area contributed by atoms with E-state index in [2.05, 4.69) is 5.32 Å². The molecule has 0 bridgehead atoms. The first kappa shape index (κ1) is 18.9. The van der Waals surface area contributed by atoms with Crippen LogP contribution >= 0.6 is 0 Å². The normalized spacial score (nSPS) is 13.2. The first-order valence-corrected chi connectivity index (χ1v) is 8.92. The Bertz CT molecular complexity index is 1060. The number of amides is 1. The molecule has 0 spiro atoms. The molecule has 1 aromatic heterocycles. The highest BCUT2D eigenvalue weighted by Gasteiger charge is 2.15. The van der Waals surface area contributed by atoms with Crippen LogP contribution in [0.25, 0.3) is 17.4 Å². The third kappa shape index (κ3) is 4.52.